The van der Waals surface area contributed by atoms with Gasteiger partial charge >= 0.3 is 0 Å². The van der Waals surface area contributed by atoms with Gasteiger partial charge < -0.3 is 4.42 Å². The maximum Gasteiger partial charge on any atom is 0.143 e. The highest BCUT2D eigenvalue weighted by Gasteiger charge is 2.21. The normalized spacial score (nSPS) is 14.2. The van der Waals surface area contributed by atoms with Crippen molar-refractivity contribution >= 4 is 54.3 Å². The third kappa shape index (κ3) is 4.40. The fourth-order valence-corrected chi connectivity index (χ4v) is 7.27. The van der Waals surface area contributed by atoms with Crippen LogP contribution in [0.15, 0.2) is 186 Å². The highest BCUT2D eigenvalue weighted by Crippen LogP contribution is 2.48. The fourth-order valence-electron chi connectivity index (χ4n) is 7.27. The second-order valence-electron chi connectivity index (χ2n) is 12.1. The summed E-state index contributed by atoms with van der Waals surface area (Å²) in [7, 11) is 0. The van der Waals surface area contributed by atoms with E-state index in [9.17, 15) is 2.74 Å². The van der Waals surface area contributed by atoms with E-state index in [4.69, 9.17) is 14.0 Å². The zero-order chi connectivity index (χ0) is 40.1. The molecule has 0 radical (unpaired) electrons. The molecule has 0 amide bonds. The molecule has 49 heavy (non-hydrogen) atoms. The molecule has 228 valence electrons. The molecule has 0 saturated carbocycles. The third-order valence-electron chi connectivity index (χ3n) is 9.41. The summed E-state index contributed by atoms with van der Waals surface area (Å²) in [6, 6.07) is 37.3. The first-order valence-electron chi connectivity index (χ1n) is 20.6. The first-order chi connectivity index (χ1) is 28.1. The Bertz CT molecular complexity index is 3360. The van der Waals surface area contributed by atoms with Crippen molar-refractivity contribution in [1.29, 1.82) is 0 Å². The van der Waals surface area contributed by atoms with E-state index in [1.54, 1.807) is 36.4 Å². The van der Waals surface area contributed by atoms with Gasteiger partial charge in [-0.25, -0.2) is 0 Å². The molecular weight excluding hydrogens is 593 g/mol. The molecule has 1 heterocycles. The monoisotopic (exact) mass is 631 g/mol. The molecule has 1 heteroatoms. The van der Waals surface area contributed by atoms with E-state index < -0.39 is 18.1 Å². The summed E-state index contributed by atoms with van der Waals surface area (Å²) < 4.78 is 86.6. The molecule has 0 atom stereocenters. The number of hydrogen-bond acceptors (Lipinski definition) is 1. The van der Waals surface area contributed by atoms with E-state index >= 15 is 0 Å². The molecule has 10 rings (SSSR count). The van der Waals surface area contributed by atoms with Crippen LogP contribution in [0.4, 0.5) is 0 Å². The van der Waals surface area contributed by atoms with Crippen molar-refractivity contribution in [1.82, 2.24) is 0 Å². The molecule has 0 spiro atoms. The first-order valence-corrected chi connectivity index (χ1v) is 16.1. The van der Waals surface area contributed by atoms with E-state index in [0.29, 0.717) is 38.4 Å². The number of benzene rings is 9. The smallest absolute Gasteiger partial charge is 0.143 e. The predicted octanol–water partition coefficient (Wildman–Crippen LogP) is 13.7. The van der Waals surface area contributed by atoms with Crippen LogP contribution in [0.5, 0.6) is 0 Å². The highest BCUT2D eigenvalue weighted by molar-refractivity contribution is 6.27. The minimum Gasteiger partial charge on any atom is -0.455 e. The Morgan fingerprint density at radius 2 is 1.10 bits per heavy atom. The summed E-state index contributed by atoms with van der Waals surface area (Å²) in [5.74, 6) is 0. The van der Waals surface area contributed by atoms with Crippen molar-refractivity contribution in [3.63, 3.8) is 0 Å². The van der Waals surface area contributed by atoms with Crippen LogP contribution in [0.25, 0.3) is 98.8 Å². The lowest BCUT2D eigenvalue weighted by Crippen LogP contribution is -1.92. The van der Waals surface area contributed by atoms with Crippen molar-refractivity contribution in [2.24, 2.45) is 0 Å². The summed E-state index contributed by atoms with van der Waals surface area (Å²) in [5, 5.41) is 6.62. The summed E-state index contributed by atoms with van der Waals surface area (Å²) >= 11 is 0. The van der Waals surface area contributed by atoms with Crippen LogP contribution < -0.4 is 0 Å². The topological polar surface area (TPSA) is 13.1 Å². The van der Waals surface area contributed by atoms with Crippen LogP contribution in [0.1, 0.15) is 12.3 Å². The van der Waals surface area contributed by atoms with Gasteiger partial charge in [0.1, 0.15) is 11.2 Å². The summed E-state index contributed by atoms with van der Waals surface area (Å²) in [6.07, 6.45) is 0. The van der Waals surface area contributed by atoms with Crippen molar-refractivity contribution in [3.8, 4) is 44.5 Å². The van der Waals surface area contributed by atoms with E-state index in [0.717, 1.165) is 43.6 Å². The van der Waals surface area contributed by atoms with Crippen LogP contribution in [0.3, 0.4) is 0 Å². The van der Waals surface area contributed by atoms with Crippen LogP contribution in [0.2, 0.25) is 0 Å². The highest BCUT2D eigenvalue weighted by atomic mass is 16.3. The third-order valence-corrected chi connectivity index (χ3v) is 9.41. The minimum atomic E-state index is -0.494. The van der Waals surface area contributed by atoms with Gasteiger partial charge in [-0.05, 0) is 95.7 Å². The zero-order valence-corrected chi connectivity index (χ0v) is 26.0. The van der Waals surface area contributed by atoms with Gasteiger partial charge in [-0.1, -0.05) is 158 Å². The first kappa shape index (κ1) is 20.0. The van der Waals surface area contributed by atoms with Gasteiger partial charge in [0.05, 0.1) is 12.3 Å². The van der Waals surface area contributed by atoms with Crippen LogP contribution in [-0.2, 0) is 0 Å². The standard InChI is InChI=1S/C48H30O/c1-3-13-31(14-4-1)34-18-11-19-36(29-34)45-38-21-9-10-22-39(38)46(40-27-26-35(30-43(40)45)32-15-5-2-6-16-32)41-23-12-24-44-47(41)42-28-25-33-17-7-8-20-37(33)48(42)49-44/h1-30H/i2D,5D,6D,11D,15D,16D,18D,19D,29D. The van der Waals surface area contributed by atoms with Crippen molar-refractivity contribution < 1.29 is 16.8 Å². The SMILES string of the molecule is [2H]c1c([2H])c([2H])c(-c2ccc3c(-c4cccc5oc6c7ccccc7ccc6c45)c4ccccc4c(-c4c([2H])c([2H])c([2H])c(-c5ccccc5)c4[2H])c3c2)c([2H])c1[2H]. The molecule has 0 saturated heterocycles. The lowest BCUT2D eigenvalue weighted by molar-refractivity contribution is 0.673. The van der Waals surface area contributed by atoms with Gasteiger partial charge in [-0.3, -0.25) is 0 Å². The summed E-state index contributed by atoms with van der Waals surface area (Å²) in [5.41, 5.74) is 4.98. The van der Waals surface area contributed by atoms with Gasteiger partial charge in [0, 0.05) is 16.2 Å². The van der Waals surface area contributed by atoms with Crippen molar-refractivity contribution in [3.05, 3.63) is 182 Å². The van der Waals surface area contributed by atoms with E-state index in [1.807, 2.05) is 72.8 Å². The molecule has 0 aliphatic rings. The van der Waals surface area contributed by atoms with Crippen LogP contribution in [-0.4, -0.2) is 0 Å². The molecule has 10 aromatic rings. The molecule has 0 fully saturated rings. The Morgan fingerprint density at radius 3 is 1.96 bits per heavy atom. The molecule has 1 aromatic heterocycles. The molecule has 9 aromatic carbocycles. The predicted molar refractivity (Wildman–Crippen MR) is 208 cm³/mol. The van der Waals surface area contributed by atoms with Gasteiger partial charge in [0.25, 0.3) is 0 Å². The molecule has 1 nitrogen and oxygen atoms in total. The van der Waals surface area contributed by atoms with Gasteiger partial charge in [0.2, 0.25) is 0 Å². The number of hydrogen-bond donors (Lipinski definition) is 0. The van der Waals surface area contributed by atoms with E-state index in [1.165, 1.54) is 0 Å². The maximum atomic E-state index is 9.71. The summed E-state index contributed by atoms with van der Waals surface area (Å²) in [6.45, 7) is 0. The Balaban J connectivity index is 1.40. The summed E-state index contributed by atoms with van der Waals surface area (Å²) in [4.78, 5) is 0. The molecule has 0 N–H and O–H groups in total. The van der Waals surface area contributed by atoms with E-state index in [-0.39, 0.29) is 52.9 Å². The molecule has 0 aliphatic carbocycles. The number of fused-ring (bicyclic) bond motifs is 7. The molecule has 0 aliphatic heterocycles. The average Bonchev–Trinajstić information content (AvgIpc) is 3.64. The maximum absolute atomic E-state index is 9.71. The molecular formula is C48H30O. The van der Waals surface area contributed by atoms with Crippen molar-refractivity contribution in [2.45, 2.75) is 0 Å². The Labute approximate surface area is 297 Å². The largest absolute Gasteiger partial charge is 0.455 e. The van der Waals surface area contributed by atoms with Crippen molar-refractivity contribution in [2.75, 3.05) is 0 Å². The van der Waals surface area contributed by atoms with Gasteiger partial charge in [-0.2, -0.15) is 0 Å². The second-order valence-corrected chi connectivity index (χ2v) is 12.1. The fraction of sp³-hybridized carbons (Fsp3) is 0. The van der Waals surface area contributed by atoms with Gasteiger partial charge in [0.15, 0.2) is 0 Å². The quantitative estimate of drug-likeness (QED) is 0.176. The van der Waals surface area contributed by atoms with E-state index in [2.05, 4.69) is 18.2 Å². The number of furan rings is 1. The minimum absolute atomic E-state index is 0.0215. The van der Waals surface area contributed by atoms with Crippen LogP contribution in [0, 0.1) is 0 Å². The Kier molecular flexibility index (Phi) is 4.53. The number of rotatable bonds is 4. The van der Waals surface area contributed by atoms with Crippen LogP contribution >= 0.6 is 0 Å². The van der Waals surface area contributed by atoms with Gasteiger partial charge in [-0.15, -0.1) is 0 Å². The lowest BCUT2D eigenvalue weighted by Gasteiger charge is -2.19. The molecule has 0 bridgehead atoms. The second kappa shape index (κ2) is 11.1. The molecule has 0 unspecified atom stereocenters. The Morgan fingerprint density at radius 1 is 0.408 bits per heavy atom. The zero-order valence-electron chi connectivity index (χ0n) is 35.0. The Hall–Kier alpha value is -6.44. The lowest BCUT2D eigenvalue weighted by atomic mass is 9.83. The average molecular weight is 632 g/mol.